The van der Waals surface area contributed by atoms with Gasteiger partial charge in [-0.25, -0.2) is 4.39 Å². The van der Waals surface area contributed by atoms with Crippen LogP contribution in [0.15, 0.2) is 60.8 Å². The zero-order valence-electron chi connectivity index (χ0n) is 10.8. The molecule has 20 heavy (non-hydrogen) atoms. The Morgan fingerprint density at radius 1 is 1.05 bits per heavy atom. The van der Waals surface area contributed by atoms with Crippen molar-refractivity contribution < 1.29 is 9.50 Å². The van der Waals surface area contributed by atoms with E-state index >= 15 is 0 Å². The Morgan fingerprint density at radius 2 is 1.90 bits per heavy atom. The summed E-state index contributed by atoms with van der Waals surface area (Å²) < 4.78 is 13.2. The van der Waals surface area contributed by atoms with Gasteiger partial charge in [-0.3, -0.25) is 4.98 Å². The van der Waals surface area contributed by atoms with E-state index in [1.54, 1.807) is 18.3 Å². The summed E-state index contributed by atoms with van der Waals surface area (Å²) in [5.41, 5.74) is 2.50. The first-order chi connectivity index (χ1) is 9.74. The smallest absolute Gasteiger partial charge is 0.123 e. The van der Waals surface area contributed by atoms with Gasteiger partial charge in [0.25, 0.3) is 0 Å². The zero-order chi connectivity index (χ0) is 13.9. The molecule has 0 fully saturated rings. The number of aliphatic hydroxyl groups excluding tert-OH is 1. The molecule has 0 aliphatic rings. The van der Waals surface area contributed by atoms with Crippen molar-refractivity contribution in [1.82, 2.24) is 4.98 Å². The van der Waals surface area contributed by atoms with Crippen LogP contribution in [0.1, 0.15) is 17.2 Å². The van der Waals surface area contributed by atoms with E-state index < -0.39 is 6.10 Å². The molecule has 0 bridgehead atoms. The van der Waals surface area contributed by atoms with Crippen LogP contribution in [0.2, 0.25) is 0 Å². The third-order valence-corrected chi connectivity index (χ3v) is 3.39. The van der Waals surface area contributed by atoms with E-state index in [1.165, 1.54) is 12.1 Å². The van der Waals surface area contributed by atoms with Gasteiger partial charge in [0.05, 0.1) is 11.6 Å². The van der Waals surface area contributed by atoms with Crippen LogP contribution >= 0.6 is 0 Å². The quantitative estimate of drug-likeness (QED) is 0.785. The number of benzene rings is 2. The van der Waals surface area contributed by atoms with Crippen LogP contribution in [0, 0.1) is 5.82 Å². The lowest BCUT2D eigenvalue weighted by Crippen LogP contribution is -2.03. The van der Waals surface area contributed by atoms with Gasteiger partial charge in [0.15, 0.2) is 0 Å². The van der Waals surface area contributed by atoms with Crippen molar-refractivity contribution in [3.8, 4) is 0 Å². The van der Waals surface area contributed by atoms with Crippen LogP contribution < -0.4 is 0 Å². The fraction of sp³-hybridized carbons (Fsp3) is 0.118. The summed E-state index contributed by atoms with van der Waals surface area (Å²) >= 11 is 0. The highest BCUT2D eigenvalue weighted by atomic mass is 19.1. The number of aliphatic hydroxyl groups is 1. The summed E-state index contributed by atoms with van der Waals surface area (Å²) in [5.74, 6) is -0.332. The van der Waals surface area contributed by atoms with Gasteiger partial charge in [-0.15, -0.1) is 0 Å². The number of pyridine rings is 1. The monoisotopic (exact) mass is 267 g/mol. The minimum atomic E-state index is -0.725. The van der Waals surface area contributed by atoms with Gasteiger partial charge in [-0.05, 0) is 35.4 Å². The first-order valence-corrected chi connectivity index (χ1v) is 6.50. The second kappa shape index (κ2) is 5.39. The summed E-state index contributed by atoms with van der Waals surface area (Å²) in [7, 11) is 0. The van der Waals surface area contributed by atoms with E-state index in [2.05, 4.69) is 4.98 Å². The lowest BCUT2D eigenvalue weighted by Gasteiger charge is -2.12. The molecule has 0 saturated carbocycles. The van der Waals surface area contributed by atoms with E-state index in [0.717, 1.165) is 16.5 Å². The van der Waals surface area contributed by atoms with E-state index in [0.29, 0.717) is 12.0 Å². The largest absolute Gasteiger partial charge is 0.388 e. The molecule has 1 unspecified atom stereocenters. The molecule has 100 valence electrons. The number of para-hydroxylation sites is 1. The number of hydrogen-bond acceptors (Lipinski definition) is 2. The topological polar surface area (TPSA) is 33.1 Å². The van der Waals surface area contributed by atoms with Crippen molar-refractivity contribution in [1.29, 1.82) is 0 Å². The lowest BCUT2D eigenvalue weighted by molar-refractivity contribution is 0.178. The number of nitrogens with zero attached hydrogens (tertiary/aromatic N) is 1. The number of aromatic nitrogens is 1. The Bertz CT molecular complexity index is 736. The summed E-state index contributed by atoms with van der Waals surface area (Å²) in [6.07, 6.45) is 1.44. The maximum atomic E-state index is 13.2. The maximum absolute atomic E-state index is 13.2. The van der Waals surface area contributed by atoms with Crippen LogP contribution in [0.4, 0.5) is 4.39 Å². The summed E-state index contributed by atoms with van der Waals surface area (Å²) in [5, 5.41) is 11.3. The van der Waals surface area contributed by atoms with Gasteiger partial charge in [0, 0.05) is 18.0 Å². The molecular formula is C17H14FNO. The molecule has 2 aromatic carbocycles. The number of halogens is 1. The minimum Gasteiger partial charge on any atom is -0.388 e. The molecule has 2 nitrogen and oxygen atoms in total. The summed E-state index contributed by atoms with van der Waals surface area (Å²) in [6.45, 7) is 0. The van der Waals surface area contributed by atoms with E-state index in [1.807, 2.05) is 30.3 Å². The van der Waals surface area contributed by atoms with E-state index in [4.69, 9.17) is 0 Å². The van der Waals surface area contributed by atoms with Crippen LogP contribution in [0.25, 0.3) is 10.9 Å². The predicted octanol–water partition coefficient (Wildman–Crippen LogP) is 3.65. The third kappa shape index (κ3) is 2.53. The zero-order valence-corrected chi connectivity index (χ0v) is 10.8. The Labute approximate surface area is 116 Å². The molecule has 0 spiro atoms. The van der Waals surface area contributed by atoms with Gasteiger partial charge in [0.1, 0.15) is 5.82 Å². The molecule has 0 aliphatic carbocycles. The molecule has 0 radical (unpaired) electrons. The molecule has 1 atom stereocenters. The van der Waals surface area contributed by atoms with E-state index in [9.17, 15) is 9.50 Å². The average Bonchev–Trinajstić information content (AvgIpc) is 2.47. The highest BCUT2D eigenvalue weighted by Gasteiger charge is 2.11. The SMILES string of the molecule is OC(Cc1ccnc2ccccc12)c1cccc(F)c1. The highest BCUT2D eigenvalue weighted by Crippen LogP contribution is 2.23. The average molecular weight is 267 g/mol. The van der Waals surface area contributed by atoms with Crippen molar-refractivity contribution in [3.05, 3.63) is 77.7 Å². The Kier molecular flexibility index (Phi) is 3.44. The fourth-order valence-corrected chi connectivity index (χ4v) is 2.37. The third-order valence-electron chi connectivity index (χ3n) is 3.39. The minimum absolute atomic E-state index is 0.332. The number of rotatable bonds is 3. The van der Waals surface area contributed by atoms with Crippen molar-refractivity contribution in [2.45, 2.75) is 12.5 Å². The number of hydrogen-bond donors (Lipinski definition) is 1. The second-order valence-electron chi connectivity index (χ2n) is 4.76. The fourth-order valence-electron chi connectivity index (χ4n) is 2.37. The second-order valence-corrected chi connectivity index (χ2v) is 4.76. The van der Waals surface area contributed by atoms with Gasteiger partial charge in [-0.2, -0.15) is 0 Å². The first-order valence-electron chi connectivity index (χ1n) is 6.50. The van der Waals surface area contributed by atoms with E-state index in [-0.39, 0.29) is 5.82 Å². The van der Waals surface area contributed by atoms with Crippen LogP contribution in [0.3, 0.4) is 0 Å². The number of fused-ring (bicyclic) bond motifs is 1. The molecule has 3 rings (SSSR count). The van der Waals surface area contributed by atoms with Crippen molar-refractivity contribution in [2.24, 2.45) is 0 Å². The Morgan fingerprint density at radius 3 is 2.75 bits per heavy atom. The summed E-state index contributed by atoms with van der Waals surface area (Å²) in [4.78, 5) is 4.29. The van der Waals surface area contributed by atoms with Crippen LogP contribution in [-0.2, 0) is 6.42 Å². The molecule has 0 aliphatic heterocycles. The van der Waals surface area contributed by atoms with Crippen molar-refractivity contribution >= 4 is 10.9 Å². The Balaban J connectivity index is 1.93. The lowest BCUT2D eigenvalue weighted by atomic mass is 9.99. The highest BCUT2D eigenvalue weighted by molar-refractivity contribution is 5.81. The van der Waals surface area contributed by atoms with Crippen molar-refractivity contribution in [3.63, 3.8) is 0 Å². The summed E-state index contributed by atoms with van der Waals surface area (Å²) in [6, 6.07) is 15.8. The predicted molar refractivity (Wildman–Crippen MR) is 76.8 cm³/mol. The van der Waals surface area contributed by atoms with Gasteiger partial charge >= 0.3 is 0 Å². The molecule has 3 heteroatoms. The van der Waals surface area contributed by atoms with Gasteiger partial charge < -0.3 is 5.11 Å². The molecular weight excluding hydrogens is 253 g/mol. The molecule has 0 saturated heterocycles. The molecule has 3 aromatic rings. The maximum Gasteiger partial charge on any atom is 0.123 e. The van der Waals surface area contributed by atoms with Crippen LogP contribution in [-0.4, -0.2) is 10.1 Å². The molecule has 1 aromatic heterocycles. The van der Waals surface area contributed by atoms with Gasteiger partial charge in [-0.1, -0.05) is 30.3 Å². The Hall–Kier alpha value is -2.26. The molecule has 1 N–H and O–H groups in total. The van der Waals surface area contributed by atoms with Crippen molar-refractivity contribution in [2.75, 3.05) is 0 Å². The first kappa shape index (κ1) is 12.8. The molecule has 0 amide bonds. The van der Waals surface area contributed by atoms with Gasteiger partial charge in [0.2, 0.25) is 0 Å². The molecule has 1 heterocycles. The normalized spacial score (nSPS) is 12.5. The standard InChI is InChI=1S/C17H14FNO/c18-14-5-3-4-13(10-14)17(20)11-12-8-9-19-16-7-2-1-6-15(12)16/h1-10,17,20H,11H2. The van der Waals surface area contributed by atoms with Crippen LogP contribution in [0.5, 0.6) is 0 Å².